The van der Waals surface area contributed by atoms with Gasteiger partial charge in [0.05, 0.1) is 5.56 Å². The van der Waals surface area contributed by atoms with E-state index in [4.69, 9.17) is 21.1 Å². The van der Waals surface area contributed by atoms with Crippen molar-refractivity contribution >= 4 is 28.9 Å². The van der Waals surface area contributed by atoms with E-state index < -0.39 is 5.97 Å². The van der Waals surface area contributed by atoms with Crippen molar-refractivity contribution in [2.75, 3.05) is 0 Å². The number of carboxylic acids is 1. The van der Waals surface area contributed by atoms with E-state index in [9.17, 15) is 4.79 Å². The van der Waals surface area contributed by atoms with Crippen LogP contribution in [0, 0.1) is 0 Å². The van der Waals surface area contributed by atoms with Crippen LogP contribution in [0.4, 0.5) is 0 Å². The highest BCUT2D eigenvalue weighted by Gasteiger charge is 2.14. The topological polar surface area (TPSA) is 102 Å². The maximum atomic E-state index is 11.0. The number of nitrogens with zero attached hydrogens (tertiary/aromatic N) is 4. The van der Waals surface area contributed by atoms with Crippen molar-refractivity contribution in [1.29, 1.82) is 0 Å². The Bertz CT molecular complexity index is 1410. The number of aromatic nitrogens is 4. The van der Waals surface area contributed by atoms with E-state index in [-0.39, 0.29) is 5.56 Å². The number of rotatable bonds is 5. The molecule has 0 radical (unpaired) electrons. The average molecular weight is 461 g/mol. The van der Waals surface area contributed by atoms with Crippen LogP contribution in [0.25, 0.3) is 44.1 Å². The van der Waals surface area contributed by atoms with Gasteiger partial charge in [0, 0.05) is 27.3 Å². The molecule has 3 aromatic carbocycles. The number of aromatic carboxylic acids is 1. The molecule has 5 rings (SSSR count). The number of hydrogen-bond donors (Lipinski definition) is 1. The lowest BCUT2D eigenvalue weighted by atomic mass is 10.1. The van der Waals surface area contributed by atoms with E-state index in [1.54, 1.807) is 36.4 Å². The van der Waals surface area contributed by atoms with Gasteiger partial charge in [-0.25, -0.2) is 4.79 Å². The number of hydrogen-bond acceptors (Lipinski definition) is 7. The number of carbonyl (C=O) groups is 1. The van der Waals surface area contributed by atoms with Crippen molar-refractivity contribution < 1.29 is 14.3 Å². The molecule has 0 spiro atoms. The summed E-state index contributed by atoms with van der Waals surface area (Å²) in [4.78, 5) is 11.0. The quantitative estimate of drug-likeness (QED) is 0.346. The van der Waals surface area contributed by atoms with Crippen LogP contribution < -0.4 is 0 Å². The largest absolute Gasteiger partial charge is 0.478 e. The Kier molecular flexibility index (Phi) is 5.22. The zero-order valence-corrected chi connectivity index (χ0v) is 17.8. The summed E-state index contributed by atoms with van der Waals surface area (Å²) in [5, 5.41) is 27.9. The fraction of sp³-hybridized carbons (Fsp3) is 0. The first-order chi connectivity index (χ1) is 15.6. The molecule has 32 heavy (non-hydrogen) atoms. The third-order valence-corrected chi connectivity index (χ3v) is 5.95. The van der Waals surface area contributed by atoms with Crippen LogP contribution in [0.15, 0.2) is 77.2 Å². The second kappa shape index (κ2) is 8.33. The smallest absolute Gasteiger partial charge is 0.335 e. The summed E-state index contributed by atoms with van der Waals surface area (Å²) in [6.45, 7) is 0. The Morgan fingerprint density at radius 3 is 2.03 bits per heavy atom. The molecule has 0 aliphatic rings. The molecule has 0 bridgehead atoms. The molecule has 0 saturated heterocycles. The molecule has 0 aliphatic carbocycles. The second-order valence-corrected chi connectivity index (χ2v) is 8.21. The van der Waals surface area contributed by atoms with Gasteiger partial charge in [0.15, 0.2) is 0 Å². The fourth-order valence-electron chi connectivity index (χ4n) is 3.05. The molecule has 0 unspecified atom stereocenters. The minimum absolute atomic E-state index is 0.226. The van der Waals surface area contributed by atoms with E-state index in [2.05, 4.69) is 20.4 Å². The lowest BCUT2D eigenvalue weighted by molar-refractivity contribution is 0.0697. The molecule has 1 N–H and O–H groups in total. The Morgan fingerprint density at radius 2 is 1.34 bits per heavy atom. The normalized spacial score (nSPS) is 10.9. The van der Waals surface area contributed by atoms with E-state index in [1.807, 2.05) is 36.4 Å². The molecule has 156 valence electrons. The maximum absolute atomic E-state index is 11.0. The van der Waals surface area contributed by atoms with E-state index in [0.717, 1.165) is 27.3 Å². The summed E-state index contributed by atoms with van der Waals surface area (Å²) in [5.41, 5.74) is 3.44. The van der Waals surface area contributed by atoms with Crippen molar-refractivity contribution in [2.24, 2.45) is 0 Å². The molecule has 0 amide bonds. The predicted molar refractivity (Wildman–Crippen MR) is 121 cm³/mol. The van der Waals surface area contributed by atoms with Crippen molar-refractivity contribution in [3.05, 3.63) is 83.4 Å². The van der Waals surface area contributed by atoms with Crippen LogP contribution in [-0.2, 0) is 0 Å². The highest BCUT2D eigenvalue weighted by Crippen LogP contribution is 2.32. The van der Waals surface area contributed by atoms with Gasteiger partial charge in [0.1, 0.15) is 10.0 Å². The van der Waals surface area contributed by atoms with Gasteiger partial charge >= 0.3 is 5.97 Å². The highest BCUT2D eigenvalue weighted by molar-refractivity contribution is 7.17. The number of benzene rings is 3. The average Bonchev–Trinajstić information content (AvgIpc) is 3.50. The number of halogens is 1. The zero-order valence-electron chi connectivity index (χ0n) is 16.3. The predicted octanol–water partition coefficient (Wildman–Crippen LogP) is 5.94. The molecule has 0 fully saturated rings. The van der Waals surface area contributed by atoms with Gasteiger partial charge in [-0.3, -0.25) is 0 Å². The van der Waals surface area contributed by atoms with Crippen LogP contribution in [0.1, 0.15) is 10.4 Å². The molecular weight excluding hydrogens is 448 g/mol. The number of carboxylic acid groups (broad SMARTS) is 1. The summed E-state index contributed by atoms with van der Waals surface area (Å²) in [6.07, 6.45) is 0. The van der Waals surface area contributed by atoms with Gasteiger partial charge in [-0.15, -0.1) is 20.4 Å². The van der Waals surface area contributed by atoms with Crippen LogP contribution >= 0.6 is 22.9 Å². The summed E-state index contributed by atoms with van der Waals surface area (Å²) in [6, 6.07) is 21.3. The lowest BCUT2D eigenvalue weighted by Crippen LogP contribution is -1.94. The molecule has 0 aliphatic heterocycles. The minimum atomic E-state index is -0.966. The standard InChI is InChI=1S/C23H13ClN4O3S/c24-18-10-8-13(9-11-18)19-25-26-20(31-19)16-2-1-3-17(12-16)22-28-27-21(32-22)14-4-6-15(7-5-14)23(29)30/h1-12H,(H,29,30). The third kappa shape index (κ3) is 4.01. The Hall–Kier alpha value is -3.88. The van der Waals surface area contributed by atoms with E-state index in [1.165, 1.54) is 11.3 Å². The van der Waals surface area contributed by atoms with Crippen molar-refractivity contribution in [3.63, 3.8) is 0 Å². The van der Waals surface area contributed by atoms with Crippen LogP contribution in [-0.4, -0.2) is 31.5 Å². The molecule has 2 heterocycles. The third-order valence-electron chi connectivity index (χ3n) is 4.68. The van der Waals surface area contributed by atoms with Gasteiger partial charge in [-0.2, -0.15) is 0 Å². The Labute approximate surface area is 191 Å². The van der Waals surface area contributed by atoms with Crippen molar-refractivity contribution in [1.82, 2.24) is 20.4 Å². The first kappa shape index (κ1) is 20.0. The summed E-state index contributed by atoms with van der Waals surface area (Å²) in [5.74, 6) is -0.164. The van der Waals surface area contributed by atoms with Gasteiger partial charge < -0.3 is 9.52 Å². The molecular formula is C23H13ClN4O3S. The van der Waals surface area contributed by atoms with E-state index in [0.29, 0.717) is 21.8 Å². The van der Waals surface area contributed by atoms with Gasteiger partial charge in [0.25, 0.3) is 0 Å². The molecule has 7 nitrogen and oxygen atoms in total. The van der Waals surface area contributed by atoms with E-state index >= 15 is 0 Å². The molecule has 0 saturated carbocycles. The Morgan fingerprint density at radius 1 is 0.750 bits per heavy atom. The monoisotopic (exact) mass is 460 g/mol. The van der Waals surface area contributed by atoms with Crippen molar-refractivity contribution in [3.8, 4) is 44.1 Å². The zero-order chi connectivity index (χ0) is 22.1. The molecule has 5 aromatic rings. The second-order valence-electron chi connectivity index (χ2n) is 6.79. The molecule has 9 heteroatoms. The fourth-order valence-corrected chi connectivity index (χ4v) is 4.02. The van der Waals surface area contributed by atoms with Crippen LogP contribution in [0.3, 0.4) is 0 Å². The Balaban J connectivity index is 1.41. The summed E-state index contributed by atoms with van der Waals surface area (Å²) >= 11 is 7.35. The first-order valence-corrected chi connectivity index (χ1v) is 10.6. The summed E-state index contributed by atoms with van der Waals surface area (Å²) in [7, 11) is 0. The lowest BCUT2D eigenvalue weighted by Gasteiger charge is -1.99. The molecule has 2 aromatic heterocycles. The molecule has 0 atom stereocenters. The van der Waals surface area contributed by atoms with Crippen molar-refractivity contribution in [2.45, 2.75) is 0 Å². The SMILES string of the molecule is O=C(O)c1ccc(-c2nnc(-c3cccc(-c4nnc(-c5ccc(Cl)cc5)o4)c3)s2)cc1. The van der Waals surface area contributed by atoms with Gasteiger partial charge in [0.2, 0.25) is 11.8 Å². The van der Waals surface area contributed by atoms with Crippen LogP contribution in [0.2, 0.25) is 5.02 Å². The first-order valence-electron chi connectivity index (χ1n) is 9.44. The minimum Gasteiger partial charge on any atom is -0.478 e. The van der Waals surface area contributed by atoms with Gasteiger partial charge in [-0.05, 0) is 48.5 Å². The van der Waals surface area contributed by atoms with Gasteiger partial charge in [-0.1, -0.05) is 47.2 Å². The van der Waals surface area contributed by atoms with Crippen LogP contribution in [0.5, 0.6) is 0 Å². The maximum Gasteiger partial charge on any atom is 0.335 e. The summed E-state index contributed by atoms with van der Waals surface area (Å²) < 4.78 is 5.85. The highest BCUT2D eigenvalue weighted by atomic mass is 35.5.